The number of pyridine rings is 1. The Bertz CT molecular complexity index is 1950. The summed E-state index contributed by atoms with van der Waals surface area (Å²) in [5, 5.41) is 13.5. The van der Waals surface area contributed by atoms with Crippen molar-refractivity contribution in [1.29, 1.82) is 5.26 Å². The number of carbonyl (C=O) groups excluding carboxylic acids is 1. The van der Waals surface area contributed by atoms with Gasteiger partial charge in [0.1, 0.15) is 22.2 Å². The van der Waals surface area contributed by atoms with Crippen LogP contribution in [-0.4, -0.2) is 88.8 Å². The Balaban J connectivity index is 1.30. The molecule has 4 aromatic rings. The smallest absolute Gasteiger partial charge is 0.412 e. The molecule has 2 fully saturated rings. The first kappa shape index (κ1) is 31.6. The van der Waals surface area contributed by atoms with E-state index >= 15 is 8.78 Å². The van der Waals surface area contributed by atoms with Gasteiger partial charge in [-0.1, -0.05) is 0 Å². The van der Waals surface area contributed by atoms with Crippen LogP contribution in [0.2, 0.25) is 0 Å². The molecule has 3 aromatic heterocycles. The van der Waals surface area contributed by atoms with Gasteiger partial charge in [0.25, 0.3) is 0 Å². The molecule has 1 amide bonds. The van der Waals surface area contributed by atoms with Crippen LogP contribution < -0.4 is 10.2 Å². The van der Waals surface area contributed by atoms with Crippen molar-refractivity contribution in [2.45, 2.75) is 64.5 Å². The van der Waals surface area contributed by atoms with Crippen molar-refractivity contribution in [3.05, 3.63) is 40.7 Å². The highest BCUT2D eigenvalue weighted by Gasteiger charge is 2.35. The molecule has 246 valence electrons. The number of likely N-dealkylation sites (N-methyl/N-ethyl adjacent to an activating group) is 2. The highest BCUT2D eigenvalue weighted by atomic mass is 32.1. The molecule has 6 heterocycles. The first-order valence-corrected chi connectivity index (χ1v) is 16.5. The van der Waals surface area contributed by atoms with E-state index in [1.165, 1.54) is 0 Å². The Labute approximate surface area is 275 Å². The second-order valence-electron chi connectivity index (χ2n) is 13.5. The number of hydrogen-bond donors (Lipinski definition) is 1. The van der Waals surface area contributed by atoms with E-state index in [9.17, 15) is 10.1 Å². The van der Waals surface area contributed by atoms with Crippen LogP contribution in [0.1, 0.15) is 50.3 Å². The lowest BCUT2D eigenvalue weighted by Crippen LogP contribution is -2.43. The zero-order chi connectivity index (χ0) is 33.2. The number of benzene rings is 1. The number of halogens is 2. The van der Waals surface area contributed by atoms with Crippen LogP contribution in [0.4, 0.5) is 24.5 Å². The standard InChI is InChI=1S/C33H36F2N8O3S/c1-33(2,3)46-32(44)40-30-19(10-36)25-28(37-12-23(34)29(25)47-30)24-22-16-45-15-21(22)20-11-38-31(39-27(20)26(24)35)43-9-7-18(14-43)42(5)17-6-8-41(4)13-17/h11-12,17-18H,6-9,13-16H2,1-5H3,(H,40,44)/t17-,18+/m1/s1. The third kappa shape index (κ3) is 5.65. The summed E-state index contributed by atoms with van der Waals surface area (Å²) < 4.78 is 43.3. The topological polar surface area (TPSA) is 120 Å². The lowest BCUT2D eigenvalue weighted by Gasteiger charge is -2.30. The molecule has 2 atom stereocenters. The number of likely N-dealkylation sites (tertiary alicyclic amines) is 1. The first-order valence-electron chi connectivity index (χ1n) is 15.7. The van der Waals surface area contributed by atoms with Crippen molar-refractivity contribution < 1.29 is 23.0 Å². The molecular formula is C33H36F2N8O3S. The van der Waals surface area contributed by atoms with E-state index in [-0.39, 0.29) is 50.6 Å². The molecular weight excluding hydrogens is 626 g/mol. The Kier molecular flexibility index (Phi) is 7.99. The van der Waals surface area contributed by atoms with Crippen LogP contribution in [-0.2, 0) is 22.7 Å². The van der Waals surface area contributed by atoms with Gasteiger partial charge in [0.05, 0.1) is 35.4 Å². The highest BCUT2D eigenvalue weighted by molar-refractivity contribution is 7.23. The SMILES string of the molecule is CN1CC[C@@H](N(C)[C@H]2CCN(c3ncc4c5c(c(-c6ncc(F)c7sc(NC(=O)OC(C)(C)C)c(C#N)c67)c(F)c4n3)COC5)C2)C1. The molecule has 0 unspecified atom stereocenters. The van der Waals surface area contributed by atoms with Crippen LogP contribution in [0, 0.1) is 23.0 Å². The van der Waals surface area contributed by atoms with Gasteiger partial charge in [0.2, 0.25) is 5.95 Å². The van der Waals surface area contributed by atoms with E-state index < -0.39 is 23.3 Å². The second kappa shape index (κ2) is 11.9. The number of carbonyl (C=O) groups is 1. The fraction of sp³-hybridized carbons (Fsp3) is 0.485. The number of ether oxygens (including phenoxy) is 2. The predicted octanol–water partition coefficient (Wildman–Crippen LogP) is 5.65. The van der Waals surface area contributed by atoms with E-state index in [1.807, 2.05) is 0 Å². The number of fused-ring (bicyclic) bond motifs is 4. The Morgan fingerprint density at radius 2 is 1.89 bits per heavy atom. The number of anilines is 2. The van der Waals surface area contributed by atoms with Crippen molar-refractivity contribution in [1.82, 2.24) is 24.8 Å². The Morgan fingerprint density at radius 1 is 1.15 bits per heavy atom. The minimum atomic E-state index is -0.795. The molecule has 11 nitrogen and oxygen atoms in total. The number of nitrogens with zero attached hydrogens (tertiary/aromatic N) is 7. The number of aromatic nitrogens is 3. The number of amides is 1. The van der Waals surface area contributed by atoms with Crippen LogP contribution >= 0.6 is 11.3 Å². The zero-order valence-corrected chi connectivity index (χ0v) is 27.8. The fourth-order valence-corrected chi connectivity index (χ4v) is 7.99. The molecule has 7 rings (SSSR count). The van der Waals surface area contributed by atoms with Gasteiger partial charge in [-0.2, -0.15) is 5.26 Å². The fourth-order valence-electron chi connectivity index (χ4n) is 6.95. The minimum Gasteiger partial charge on any atom is -0.444 e. The molecule has 0 spiro atoms. The molecule has 0 bridgehead atoms. The largest absolute Gasteiger partial charge is 0.444 e. The molecule has 0 aliphatic carbocycles. The van der Waals surface area contributed by atoms with Crippen LogP contribution in [0.15, 0.2) is 12.4 Å². The maximum absolute atomic E-state index is 16.9. The summed E-state index contributed by atoms with van der Waals surface area (Å²) in [6.45, 7) is 9.07. The third-order valence-corrected chi connectivity index (χ3v) is 10.4. The van der Waals surface area contributed by atoms with Gasteiger partial charge in [0.15, 0.2) is 11.6 Å². The average molecular weight is 663 g/mol. The van der Waals surface area contributed by atoms with Crippen molar-refractivity contribution in [3.8, 4) is 17.3 Å². The lowest BCUT2D eigenvalue weighted by molar-refractivity contribution is 0.0636. The first-order chi connectivity index (χ1) is 22.4. The molecule has 3 aliphatic heterocycles. The summed E-state index contributed by atoms with van der Waals surface area (Å²) in [6, 6.07) is 2.91. The lowest BCUT2D eigenvalue weighted by atomic mass is 9.94. The zero-order valence-electron chi connectivity index (χ0n) is 27.0. The van der Waals surface area contributed by atoms with Gasteiger partial charge < -0.3 is 19.3 Å². The number of thiophene rings is 1. The van der Waals surface area contributed by atoms with Crippen LogP contribution in [0.5, 0.6) is 0 Å². The maximum atomic E-state index is 16.9. The van der Waals surface area contributed by atoms with Gasteiger partial charge in [-0.15, -0.1) is 11.3 Å². The molecule has 47 heavy (non-hydrogen) atoms. The molecule has 14 heteroatoms. The molecule has 0 radical (unpaired) electrons. The number of nitriles is 1. The second-order valence-corrected chi connectivity index (χ2v) is 14.6. The van der Waals surface area contributed by atoms with Crippen molar-refractivity contribution >= 4 is 49.4 Å². The molecule has 3 aliphatic rings. The van der Waals surface area contributed by atoms with Crippen molar-refractivity contribution in [2.75, 3.05) is 50.5 Å². The van der Waals surface area contributed by atoms with Crippen molar-refractivity contribution in [3.63, 3.8) is 0 Å². The summed E-state index contributed by atoms with van der Waals surface area (Å²) in [4.78, 5) is 33.3. The molecule has 1 N–H and O–H groups in total. The van der Waals surface area contributed by atoms with Crippen molar-refractivity contribution in [2.24, 2.45) is 0 Å². The summed E-state index contributed by atoms with van der Waals surface area (Å²) >= 11 is 0.870. The van der Waals surface area contributed by atoms with E-state index in [0.29, 0.717) is 29.0 Å². The summed E-state index contributed by atoms with van der Waals surface area (Å²) in [7, 11) is 4.33. The minimum absolute atomic E-state index is 0.0333. The maximum Gasteiger partial charge on any atom is 0.412 e. The molecule has 1 aromatic carbocycles. The Morgan fingerprint density at radius 3 is 2.62 bits per heavy atom. The predicted molar refractivity (Wildman–Crippen MR) is 175 cm³/mol. The molecule has 0 saturated carbocycles. The highest BCUT2D eigenvalue weighted by Crippen LogP contribution is 2.46. The summed E-state index contributed by atoms with van der Waals surface area (Å²) in [6.07, 6.45) is 3.96. The van der Waals surface area contributed by atoms with E-state index in [0.717, 1.165) is 62.1 Å². The van der Waals surface area contributed by atoms with E-state index in [1.54, 1.807) is 27.0 Å². The average Bonchev–Trinajstić information content (AvgIpc) is 3.83. The van der Waals surface area contributed by atoms with Gasteiger partial charge in [-0.25, -0.2) is 23.5 Å². The monoisotopic (exact) mass is 662 g/mol. The van der Waals surface area contributed by atoms with E-state index in [4.69, 9.17) is 14.5 Å². The van der Waals surface area contributed by atoms with Gasteiger partial charge >= 0.3 is 6.09 Å². The van der Waals surface area contributed by atoms with Crippen LogP contribution in [0.3, 0.4) is 0 Å². The van der Waals surface area contributed by atoms with Crippen LogP contribution in [0.25, 0.3) is 32.2 Å². The quantitative estimate of drug-likeness (QED) is 0.287. The number of nitrogens with one attached hydrogen (secondary N) is 1. The van der Waals surface area contributed by atoms with Gasteiger partial charge in [-0.3, -0.25) is 15.2 Å². The molecule has 2 saturated heterocycles. The third-order valence-electron chi connectivity index (χ3n) is 9.28. The summed E-state index contributed by atoms with van der Waals surface area (Å²) in [5.74, 6) is -0.902. The normalized spacial score (nSPS) is 20.0. The summed E-state index contributed by atoms with van der Waals surface area (Å²) in [5.41, 5.74) is 0.747. The number of rotatable bonds is 5. The van der Waals surface area contributed by atoms with Gasteiger partial charge in [0, 0.05) is 54.3 Å². The van der Waals surface area contributed by atoms with Gasteiger partial charge in [-0.05, 0) is 65.4 Å². The Hall–Kier alpha value is -4.03. The number of hydrogen-bond acceptors (Lipinski definition) is 11. The van der Waals surface area contributed by atoms with E-state index in [2.05, 4.69) is 50.1 Å².